The first-order chi connectivity index (χ1) is 9.32. The van der Waals surface area contributed by atoms with Gasteiger partial charge in [-0.1, -0.05) is 6.07 Å². The lowest BCUT2D eigenvalue weighted by molar-refractivity contribution is 0.492. The minimum atomic E-state index is -1.35. The van der Waals surface area contributed by atoms with Crippen molar-refractivity contribution in [1.29, 1.82) is 0 Å². The number of hydrogen-bond acceptors (Lipinski definition) is 0. The van der Waals surface area contributed by atoms with E-state index in [4.69, 9.17) is 0 Å². The lowest BCUT2D eigenvalue weighted by Crippen LogP contribution is -2.37. The van der Waals surface area contributed by atoms with E-state index in [2.05, 4.69) is 0 Å². The van der Waals surface area contributed by atoms with Gasteiger partial charge < -0.3 is 0 Å². The first-order valence-corrected chi connectivity index (χ1v) is 5.76. The highest BCUT2D eigenvalue weighted by atomic mass is 19.2. The van der Waals surface area contributed by atoms with Gasteiger partial charge in [-0.25, -0.2) is 22.0 Å². The first-order valence-electron chi connectivity index (χ1n) is 5.76. The molecular weight excluding hydrogens is 274 g/mol. The largest absolute Gasteiger partial charge is 0.208 e. The summed E-state index contributed by atoms with van der Waals surface area (Å²) in [5.74, 6) is -5.44. The van der Waals surface area contributed by atoms with Crippen LogP contribution in [0.2, 0.25) is 0 Å². The van der Waals surface area contributed by atoms with Crippen LogP contribution in [0.5, 0.6) is 0 Å². The van der Waals surface area contributed by atoms with Crippen LogP contribution in [0, 0.1) is 42.9 Å². The van der Waals surface area contributed by atoms with E-state index in [1.54, 1.807) is 0 Å². The zero-order chi connectivity index (χ0) is 15.0. The molecule has 6 heteroatoms. The van der Waals surface area contributed by atoms with E-state index in [-0.39, 0.29) is 16.6 Å². The van der Waals surface area contributed by atoms with Crippen LogP contribution in [0.15, 0.2) is 18.2 Å². The van der Waals surface area contributed by atoms with Crippen molar-refractivity contribution in [2.24, 2.45) is 0 Å². The predicted octanol–water partition coefficient (Wildman–Crippen LogP) is 2.65. The van der Waals surface area contributed by atoms with Crippen molar-refractivity contribution in [2.45, 2.75) is 13.8 Å². The van der Waals surface area contributed by atoms with Crippen molar-refractivity contribution >= 4 is 18.2 Å². The van der Waals surface area contributed by atoms with E-state index < -0.39 is 34.5 Å². The van der Waals surface area contributed by atoms with E-state index >= 15 is 0 Å². The van der Waals surface area contributed by atoms with Crippen LogP contribution in [0.1, 0.15) is 11.1 Å². The molecule has 2 rings (SSSR count). The number of benzene rings is 2. The molecule has 0 heterocycles. The summed E-state index contributed by atoms with van der Waals surface area (Å²) in [6.45, 7) is 2.56. The van der Waals surface area contributed by atoms with E-state index in [1.807, 2.05) is 0 Å². The third-order valence-corrected chi connectivity index (χ3v) is 3.06. The van der Waals surface area contributed by atoms with Crippen molar-refractivity contribution < 1.29 is 22.0 Å². The van der Waals surface area contributed by atoms with E-state index in [1.165, 1.54) is 13.0 Å². The van der Waals surface area contributed by atoms with Gasteiger partial charge in [0.25, 0.3) is 0 Å². The second-order valence-electron chi connectivity index (χ2n) is 4.43. The van der Waals surface area contributed by atoms with Crippen LogP contribution >= 0.6 is 0 Å². The zero-order valence-electron chi connectivity index (χ0n) is 10.7. The van der Waals surface area contributed by atoms with Gasteiger partial charge in [0, 0.05) is 6.07 Å². The molecule has 0 saturated heterocycles. The van der Waals surface area contributed by atoms with Gasteiger partial charge >= 0.3 is 0 Å². The fraction of sp³-hybridized carbons (Fsp3) is 0.143. The number of hydrogen-bond donors (Lipinski definition) is 0. The molecule has 0 aliphatic rings. The van der Waals surface area contributed by atoms with Gasteiger partial charge in [0.05, 0.1) is 0 Å². The van der Waals surface area contributed by atoms with Crippen LogP contribution in [0.3, 0.4) is 0 Å². The van der Waals surface area contributed by atoms with Gasteiger partial charge in [-0.05, 0) is 42.0 Å². The second kappa shape index (κ2) is 5.27. The number of rotatable bonds is 2. The fourth-order valence-corrected chi connectivity index (χ4v) is 1.86. The monoisotopic (exact) mass is 283 g/mol. The van der Waals surface area contributed by atoms with Crippen molar-refractivity contribution in [3.63, 3.8) is 0 Å². The molecule has 20 heavy (non-hydrogen) atoms. The summed E-state index contributed by atoms with van der Waals surface area (Å²) in [4.78, 5) is 0. The van der Waals surface area contributed by atoms with E-state index in [0.29, 0.717) is 6.07 Å². The average Bonchev–Trinajstić information content (AvgIpc) is 2.40. The zero-order valence-corrected chi connectivity index (χ0v) is 10.7. The highest BCUT2D eigenvalue weighted by Crippen LogP contribution is 2.12. The molecule has 0 aromatic heterocycles. The number of halogens is 5. The Bertz CT molecular complexity index is 682. The molecule has 0 bridgehead atoms. The Morgan fingerprint density at radius 1 is 0.750 bits per heavy atom. The molecule has 1 radical (unpaired) electrons. The predicted molar refractivity (Wildman–Crippen MR) is 67.2 cm³/mol. The number of aryl methyl sites for hydroxylation is 1. The minimum Gasteiger partial charge on any atom is -0.208 e. The van der Waals surface area contributed by atoms with E-state index in [9.17, 15) is 22.0 Å². The molecule has 0 fully saturated rings. The Morgan fingerprint density at radius 3 is 2.05 bits per heavy atom. The third kappa shape index (κ3) is 2.42. The molecule has 0 aliphatic carbocycles. The average molecular weight is 283 g/mol. The highest BCUT2D eigenvalue weighted by molar-refractivity contribution is 6.68. The Labute approximate surface area is 113 Å². The highest BCUT2D eigenvalue weighted by Gasteiger charge is 2.20. The van der Waals surface area contributed by atoms with Crippen LogP contribution in [0.25, 0.3) is 0 Å². The summed E-state index contributed by atoms with van der Waals surface area (Å²) in [5.41, 5.74) is -1.05. The summed E-state index contributed by atoms with van der Waals surface area (Å²) in [6, 6.07) is 2.60. The fourth-order valence-electron chi connectivity index (χ4n) is 1.86. The summed E-state index contributed by atoms with van der Waals surface area (Å²) < 4.78 is 67.5. The maximum absolute atomic E-state index is 13.8. The standard InChI is InChI=1S/C14H9BF5/c1-6-3-4-8(16)12(13(6)19)15-11-7(2)14(20)10(18)5-9(11)17/h3-5H,1-2H3. The maximum Gasteiger partial charge on any atom is 0.203 e. The lowest BCUT2D eigenvalue weighted by Gasteiger charge is -2.11. The van der Waals surface area contributed by atoms with Gasteiger partial charge in [0.15, 0.2) is 11.6 Å². The second-order valence-corrected chi connectivity index (χ2v) is 4.43. The smallest absolute Gasteiger partial charge is 0.203 e. The Hall–Kier alpha value is -1.85. The molecular formula is C14H9BF5. The van der Waals surface area contributed by atoms with Crippen LogP contribution in [-0.4, -0.2) is 7.28 Å². The molecule has 2 aromatic rings. The quantitative estimate of drug-likeness (QED) is 0.451. The molecule has 103 valence electrons. The molecule has 0 spiro atoms. The van der Waals surface area contributed by atoms with Crippen LogP contribution < -0.4 is 10.9 Å². The molecule has 0 unspecified atom stereocenters. The van der Waals surface area contributed by atoms with Crippen molar-refractivity contribution in [3.05, 3.63) is 58.4 Å². The summed E-state index contributed by atoms with van der Waals surface area (Å²) in [7, 11) is 0.838. The molecule has 0 nitrogen and oxygen atoms in total. The van der Waals surface area contributed by atoms with Gasteiger partial charge in [-0.2, -0.15) is 0 Å². The van der Waals surface area contributed by atoms with Gasteiger partial charge in [-0.15, -0.1) is 0 Å². The SMILES string of the molecule is Cc1ccc(F)c([B]c2c(F)cc(F)c(F)c2C)c1F. The van der Waals surface area contributed by atoms with Crippen LogP contribution in [0.4, 0.5) is 22.0 Å². The summed E-state index contributed by atoms with van der Waals surface area (Å²) in [5, 5.41) is 0. The minimum absolute atomic E-state index is 0.165. The molecule has 2 aromatic carbocycles. The van der Waals surface area contributed by atoms with Gasteiger partial charge in [-0.3, -0.25) is 0 Å². The lowest BCUT2D eigenvalue weighted by atomic mass is 9.61. The van der Waals surface area contributed by atoms with Gasteiger partial charge in [0.1, 0.15) is 17.5 Å². The molecule has 0 N–H and O–H groups in total. The third-order valence-electron chi connectivity index (χ3n) is 3.06. The molecule has 0 saturated carbocycles. The topological polar surface area (TPSA) is 0 Å². The van der Waals surface area contributed by atoms with Crippen molar-refractivity contribution in [2.75, 3.05) is 0 Å². The van der Waals surface area contributed by atoms with Gasteiger partial charge in [0.2, 0.25) is 7.28 Å². The van der Waals surface area contributed by atoms with Crippen LogP contribution in [-0.2, 0) is 0 Å². The summed E-state index contributed by atoms with van der Waals surface area (Å²) in [6.07, 6.45) is 0. The maximum atomic E-state index is 13.8. The molecule has 0 amide bonds. The first kappa shape index (κ1) is 14.6. The Morgan fingerprint density at radius 2 is 1.40 bits per heavy atom. The van der Waals surface area contributed by atoms with Crippen molar-refractivity contribution in [1.82, 2.24) is 0 Å². The summed E-state index contributed by atoms with van der Waals surface area (Å²) >= 11 is 0. The van der Waals surface area contributed by atoms with Crippen molar-refractivity contribution in [3.8, 4) is 0 Å². The Kier molecular flexibility index (Phi) is 3.83. The Balaban J connectivity index is 2.57. The molecule has 0 atom stereocenters. The normalized spacial score (nSPS) is 10.8. The van der Waals surface area contributed by atoms with E-state index in [0.717, 1.165) is 20.3 Å². The molecule has 0 aliphatic heterocycles.